The van der Waals surface area contributed by atoms with Crippen LogP contribution in [0.5, 0.6) is 17.2 Å². The predicted octanol–water partition coefficient (Wildman–Crippen LogP) is 3.17. The number of methoxy groups -OCH3 is 1. The first-order valence-electron chi connectivity index (χ1n) is 10.7. The standard InChI is InChI=1S/C25H30N2O6/c1-15(2)33-18-9-6-16(7-10-18)23(29)21-22(17-8-11-19(28)20(14-17)32-5)27(13-12-26(3)4)25(31)24(21)30/h6-11,14-15,22,28-29H,12-13H2,1-5H3/t22-/m1/s1. The van der Waals surface area contributed by atoms with Crippen molar-refractivity contribution >= 4 is 17.4 Å². The van der Waals surface area contributed by atoms with Gasteiger partial charge in [0, 0.05) is 18.7 Å². The summed E-state index contributed by atoms with van der Waals surface area (Å²) in [5.74, 6) is -0.934. The minimum absolute atomic E-state index is 0.00375. The molecule has 1 aliphatic rings. The Bertz CT molecular complexity index is 1060. The van der Waals surface area contributed by atoms with Gasteiger partial charge in [0.2, 0.25) is 0 Å². The van der Waals surface area contributed by atoms with Gasteiger partial charge in [-0.25, -0.2) is 0 Å². The van der Waals surface area contributed by atoms with Crippen LogP contribution in [-0.2, 0) is 9.59 Å². The second-order valence-corrected chi connectivity index (χ2v) is 8.42. The van der Waals surface area contributed by atoms with Crippen molar-refractivity contribution in [2.75, 3.05) is 34.3 Å². The van der Waals surface area contributed by atoms with E-state index in [1.54, 1.807) is 36.4 Å². The van der Waals surface area contributed by atoms with Gasteiger partial charge in [0.15, 0.2) is 11.5 Å². The van der Waals surface area contributed by atoms with Gasteiger partial charge < -0.3 is 29.5 Å². The molecule has 0 radical (unpaired) electrons. The number of phenols is 1. The number of aromatic hydroxyl groups is 1. The third-order valence-electron chi connectivity index (χ3n) is 5.35. The maximum Gasteiger partial charge on any atom is 0.295 e. The van der Waals surface area contributed by atoms with Gasteiger partial charge >= 0.3 is 0 Å². The van der Waals surface area contributed by atoms with Crippen molar-refractivity contribution in [3.8, 4) is 17.2 Å². The van der Waals surface area contributed by atoms with Crippen LogP contribution in [0.4, 0.5) is 0 Å². The summed E-state index contributed by atoms with van der Waals surface area (Å²) in [7, 11) is 5.16. The number of ketones is 1. The lowest BCUT2D eigenvalue weighted by Gasteiger charge is -2.27. The molecule has 8 nitrogen and oxygen atoms in total. The number of Topliss-reactive ketones (excluding diaryl/α,β-unsaturated/α-hetero) is 1. The Morgan fingerprint density at radius 1 is 1.12 bits per heavy atom. The van der Waals surface area contributed by atoms with E-state index in [0.717, 1.165) is 0 Å². The first-order chi connectivity index (χ1) is 15.6. The van der Waals surface area contributed by atoms with Crippen LogP contribution < -0.4 is 9.47 Å². The smallest absolute Gasteiger partial charge is 0.295 e. The van der Waals surface area contributed by atoms with E-state index in [2.05, 4.69) is 0 Å². The van der Waals surface area contributed by atoms with Gasteiger partial charge in [-0.15, -0.1) is 0 Å². The molecule has 0 spiro atoms. The van der Waals surface area contributed by atoms with Crippen LogP contribution in [0.2, 0.25) is 0 Å². The molecule has 0 aromatic heterocycles. The third-order valence-corrected chi connectivity index (χ3v) is 5.35. The van der Waals surface area contributed by atoms with E-state index < -0.39 is 17.7 Å². The van der Waals surface area contributed by atoms with E-state index >= 15 is 0 Å². The van der Waals surface area contributed by atoms with Crippen LogP contribution >= 0.6 is 0 Å². The number of phenolic OH excluding ortho intramolecular Hbond substituents is 1. The summed E-state index contributed by atoms with van der Waals surface area (Å²) in [6.45, 7) is 4.63. The first kappa shape index (κ1) is 24.1. The van der Waals surface area contributed by atoms with Crippen molar-refractivity contribution in [1.82, 2.24) is 9.80 Å². The quantitative estimate of drug-likeness (QED) is 0.359. The van der Waals surface area contributed by atoms with Crippen LogP contribution in [0.25, 0.3) is 5.76 Å². The maximum absolute atomic E-state index is 13.1. The van der Waals surface area contributed by atoms with Gasteiger partial charge in [0.05, 0.1) is 24.8 Å². The van der Waals surface area contributed by atoms with Gasteiger partial charge in [-0.2, -0.15) is 0 Å². The molecule has 2 aromatic carbocycles. The molecule has 176 valence electrons. The number of aliphatic hydroxyl groups excluding tert-OH is 1. The largest absolute Gasteiger partial charge is 0.507 e. The number of amides is 1. The Labute approximate surface area is 193 Å². The Hall–Kier alpha value is -3.52. The topological polar surface area (TPSA) is 99.5 Å². The fourth-order valence-electron chi connectivity index (χ4n) is 3.75. The minimum Gasteiger partial charge on any atom is -0.507 e. The molecule has 2 N–H and O–H groups in total. The average molecular weight is 455 g/mol. The highest BCUT2D eigenvalue weighted by molar-refractivity contribution is 6.46. The van der Waals surface area contributed by atoms with E-state index in [1.807, 2.05) is 32.8 Å². The first-order valence-corrected chi connectivity index (χ1v) is 10.7. The Morgan fingerprint density at radius 2 is 1.79 bits per heavy atom. The highest BCUT2D eigenvalue weighted by Crippen LogP contribution is 2.41. The lowest BCUT2D eigenvalue weighted by atomic mass is 9.95. The summed E-state index contributed by atoms with van der Waals surface area (Å²) < 4.78 is 10.9. The van der Waals surface area contributed by atoms with Crippen molar-refractivity contribution in [2.24, 2.45) is 0 Å². The summed E-state index contributed by atoms with van der Waals surface area (Å²) in [5.41, 5.74) is 0.931. The summed E-state index contributed by atoms with van der Waals surface area (Å²) in [4.78, 5) is 29.4. The van der Waals surface area contributed by atoms with Gasteiger partial charge in [-0.1, -0.05) is 6.07 Å². The van der Waals surface area contributed by atoms with Gasteiger partial charge in [-0.3, -0.25) is 9.59 Å². The zero-order chi connectivity index (χ0) is 24.3. The fraction of sp³-hybridized carbons (Fsp3) is 0.360. The molecule has 1 heterocycles. The van der Waals surface area contributed by atoms with Crippen LogP contribution in [0.3, 0.4) is 0 Å². The van der Waals surface area contributed by atoms with E-state index in [0.29, 0.717) is 23.4 Å². The zero-order valence-electron chi connectivity index (χ0n) is 19.5. The number of hydrogen-bond acceptors (Lipinski definition) is 7. The molecular weight excluding hydrogens is 424 g/mol. The highest BCUT2D eigenvalue weighted by Gasteiger charge is 2.46. The lowest BCUT2D eigenvalue weighted by molar-refractivity contribution is -0.140. The van der Waals surface area contributed by atoms with E-state index in [-0.39, 0.29) is 35.5 Å². The number of benzene rings is 2. The predicted molar refractivity (Wildman–Crippen MR) is 124 cm³/mol. The summed E-state index contributed by atoms with van der Waals surface area (Å²) >= 11 is 0. The SMILES string of the molecule is COc1cc([C@@H]2C(=C(O)c3ccc(OC(C)C)cc3)C(=O)C(=O)N2CCN(C)C)ccc1O. The third kappa shape index (κ3) is 5.12. The molecule has 1 fully saturated rings. The monoisotopic (exact) mass is 454 g/mol. The number of carbonyl (C=O) groups excluding carboxylic acids is 2. The second kappa shape index (κ2) is 9.95. The highest BCUT2D eigenvalue weighted by atomic mass is 16.5. The molecular formula is C25H30N2O6. The molecule has 3 rings (SSSR count). The number of rotatable bonds is 8. The van der Waals surface area contributed by atoms with Crippen LogP contribution in [0.1, 0.15) is 31.0 Å². The van der Waals surface area contributed by atoms with Crippen molar-refractivity contribution < 1.29 is 29.3 Å². The minimum atomic E-state index is -0.828. The van der Waals surface area contributed by atoms with Gasteiger partial charge in [0.1, 0.15) is 11.5 Å². The Balaban J connectivity index is 2.11. The number of nitrogens with zero attached hydrogens (tertiary/aromatic N) is 2. The molecule has 2 aromatic rings. The van der Waals surface area contributed by atoms with Crippen LogP contribution in [-0.4, -0.2) is 72.1 Å². The van der Waals surface area contributed by atoms with Crippen molar-refractivity contribution in [3.63, 3.8) is 0 Å². The van der Waals surface area contributed by atoms with Gasteiger partial charge in [0.25, 0.3) is 11.7 Å². The number of likely N-dealkylation sites (tertiary alicyclic amines) is 1. The molecule has 0 unspecified atom stereocenters. The summed E-state index contributed by atoms with van der Waals surface area (Å²) in [5, 5.41) is 21.2. The van der Waals surface area contributed by atoms with Crippen molar-refractivity contribution in [2.45, 2.75) is 26.0 Å². The van der Waals surface area contributed by atoms with E-state index in [4.69, 9.17) is 9.47 Å². The molecule has 0 aliphatic carbocycles. The number of likely N-dealkylation sites (N-methyl/N-ethyl adjacent to an activating group) is 1. The van der Waals surface area contributed by atoms with E-state index in [1.165, 1.54) is 18.1 Å². The molecule has 8 heteroatoms. The number of carbonyl (C=O) groups is 2. The van der Waals surface area contributed by atoms with Crippen molar-refractivity contribution in [1.29, 1.82) is 0 Å². The molecule has 1 amide bonds. The molecule has 0 bridgehead atoms. The van der Waals surface area contributed by atoms with Crippen LogP contribution in [0.15, 0.2) is 48.0 Å². The van der Waals surface area contributed by atoms with Crippen molar-refractivity contribution in [3.05, 3.63) is 59.2 Å². The lowest BCUT2D eigenvalue weighted by Crippen LogP contribution is -2.35. The number of ether oxygens (including phenoxy) is 2. The maximum atomic E-state index is 13.1. The molecule has 1 saturated heterocycles. The Kier molecular flexibility index (Phi) is 7.28. The average Bonchev–Trinajstić information content (AvgIpc) is 3.02. The molecule has 1 aliphatic heterocycles. The van der Waals surface area contributed by atoms with Crippen LogP contribution in [0, 0.1) is 0 Å². The normalized spacial score (nSPS) is 17.8. The van der Waals surface area contributed by atoms with Gasteiger partial charge in [-0.05, 0) is 69.9 Å². The second-order valence-electron chi connectivity index (χ2n) is 8.42. The number of aliphatic hydroxyl groups is 1. The summed E-state index contributed by atoms with van der Waals surface area (Å²) in [6.07, 6.45) is -0.00375. The fourth-order valence-corrected chi connectivity index (χ4v) is 3.75. The Morgan fingerprint density at radius 3 is 2.36 bits per heavy atom. The molecule has 0 saturated carbocycles. The molecule has 1 atom stereocenters. The molecule has 33 heavy (non-hydrogen) atoms. The van der Waals surface area contributed by atoms with E-state index in [9.17, 15) is 19.8 Å². The zero-order valence-corrected chi connectivity index (χ0v) is 19.5. The summed E-state index contributed by atoms with van der Waals surface area (Å²) in [6, 6.07) is 10.5. The number of hydrogen-bond donors (Lipinski definition) is 2.